The molecule has 0 saturated carbocycles. The third kappa shape index (κ3) is 3.92. The predicted molar refractivity (Wildman–Crippen MR) is 74.6 cm³/mol. The van der Waals surface area contributed by atoms with Gasteiger partial charge >= 0.3 is 0 Å². The first-order valence-corrected chi connectivity index (χ1v) is 6.62. The van der Waals surface area contributed by atoms with Crippen LogP contribution >= 0.6 is 11.6 Å². The number of nitrogens with zero attached hydrogens (tertiary/aromatic N) is 2. The van der Waals surface area contributed by atoms with Crippen LogP contribution in [0, 0.1) is 10.1 Å². The van der Waals surface area contributed by atoms with Gasteiger partial charge in [0, 0.05) is 24.2 Å². The number of nitro benzene ring substituents is 1. The number of nitro groups is 1. The molecule has 0 spiro atoms. The van der Waals surface area contributed by atoms with Crippen LogP contribution in [0.1, 0.15) is 37.0 Å². The molecule has 1 aromatic rings. The molecule has 6 heteroatoms. The normalized spacial score (nSPS) is 10.3. The van der Waals surface area contributed by atoms with Crippen LogP contribution in [0.5, 0.6) is 0 Å². The molecule has 0 fully saturated rings. The molecule has 0 heterocycles. The van der Waals surface area contributed by atoms with Gasteiger partial charge in [0.05, 0.1) is 4.92 Å². The molecule has 0 N–H and O–H groups in total. The SMILES string of the molecule is CCCCN(CC)C(=O)c1cc(Cl)ccc1[N+](=O)[O-]. The van der Waals surface area contributed by atoms with E-state index in [4.69, 9.17) is 11.6 Å². The van der Waals surface area contributed by atoms with Crippen LogP contribution < -0.4 is 0 Å². The van der Waals surface area contributed by atoms with Gasteiger partial charge in [0.15, 0.2) is 0 Å². The first-order valence-electron chi connectivity index (χ1n) is 6.24. The molecule has 0 atom stereocenters. The third-order valence-corrected chi connectivity index (χ3v) is 3.07. The van der Waals surface area contributed by atoms with Crippen LogP contribution in [0.25, 0.3) is 0 Å². The van der Waals surface area contributed by atoms with E-state index in [-0.39, 0.29) is 17.2 Å². The van der Waals surface area contributed by atoms with E-state index in [9.17, 15) is 14.9 Å². The summed E-state index contributed by atoms with van der Waals surface area (Å²) in [5.74, 6) is -0.342. The van der Waals surface area contributed by atoms with Crippen LogP contribution in [-0.4, -0.2) is 28.8 Å². The molecule has 0 aromatic heterocycles. The Labute approximate surface area is 117 Å². The van der Waals surface area contributed by atoms with Crippen molar-refractivity contribution in [2.45, 2.75) is 26.7 Å². The maximum Gasteiger partial charge on any atom is 0.282 e. The Morgan fingerprint density at radius 1 is 1.42 bits per heavy atom. The first-order chi connectivity index (χ1) is 9.01. The van der Waals surface area contributed by atoms with Crippen LogP contribution in [0.4, 0.5) is 5.69 Å². The molecule has 0 aliphatic carbocycles. The van der Waals surface area contributed by atoms with Crippen LogP contribution in [-0.2, 0) is 0 Å². The monoisotopic (exact) mass is 284 g/mol. The zero-order valence-corrected chi connectivity index (χ0v) is 11.8. The number of carbonyl (C=O) groups is 1. The predicted octanol–water partition coefficient (Wildman–Crippen LogP) is 3.51. The van der Waals surface area contributed by atoms with Crippen molar-refractivity contribution in [3.63, 3.8) is 0 Å². The Hall–Kier alpha value is -1.62. The Kier molecular flexibility index (Phi) is 5.76. The quantitative estimate of drug-likeness (QED) is 0.593. The number of hydrogen-bond donors (Lipinski definition) is 0. The molecule has 104 valence electrons. The van der Waals surface area contributed by atoms with E-state index in [1.807, 2.05) is 13.8 Å². The Morgan fingerprint density at radius 3 is 2.63 bits per heavy atom. The molecule has 1 aromatic carbocycles. The van der Waals surface area contributed by atoms with Crippen molar-refractivity contribution in [1.29, 1.82) is 0 Å². The molecule has 5 nitrogen and oxygen atoms in total. The second-order valence-electron chi connectivity index (χ2n) is 4.16. The highest BCUT2D eigenvalue weighted by Crippen LogP contribution is 2.24. The van der Waals surface area contributed by atoms with E-state index >= 15 is 0 Å². The molecule has 0 saturated heterocycles. The van der Waals surface area contributed by atoms with Gasteiger partial charge in [-0.05, 0) is 25.5 Å². The fourth-order valence-corrected chi connectivity index (χ4v) is 1.93. The van der Waals surface area contributed by atoms with E-state index in [0.717, 1.165) is 12.8 Å². The lowest BCUT2D eigenvalue weighted by Gasteiger charge is -2.20. The van der Waals surface area contributed by atoms with E-state index in [0.29, 0.717) is 18.1 Å². The Morgan fingerprint density at radius 2 is 2.11 bits per heavy atom. The summed E-state index contributed by atoms with van der Waals surface area (Å²) in [6.45, 7) is 4.99. The summed E-state index contributed by atoms with van der Waals surface area (Å²) in [5.41, 5.74) is -0.153. The molecule has 0 aliphatic heterocycles. The number of rotatable bonds is 6. The van der Waals surface area contributed by atoms with Crippen molar-refractivity contribution in [1.82, 2.24) is 4.90 Å². The maximum absolute atomic E-state index is 12.3. The number of benzene rings is 1. The smallest absolute Gasteiger partial charge is 0.282 e. The van der Waals surface area contributed by atoms with Gasteiger partial charge in [0.25, 0.3) is 11.6 Å². The van der Waals surface area contributed by atoms with Gasteiger partial charge in [-0.25, -0.2) is 0 Å². The molecule has 19 heavy (non-hydrogen) atoms. The fourth-order valence-electron chi connectivity index (χ4n) is 1.76. The molecular weight excluding hydrogens is 268 g/mol. The lowest BCUT2D eigenvalue weighted by Crippen LogP contribution is -2.32. The molecule has 0 unspecified atom stereocenters. The summed E-state index contributed by atoms with van der Waals surface area (Å²) in [6.07, 6.45) is 1.83. The number of halogens is 1. The van der Waals surface area contributed by atoms with E-state index in [2.05, 4.69) is 0 Å². The molecule has 1 amide bonds. The highest BCUT2D eigenvalue weighted by atomic mass is 35.5. The van der Waals surface area contributed by atoms with Crippen molar-refractivity contribution < 1.29 is 9.72 Å². The number of unbranched alkanes of at least 4 members (excludes halogenated alkanes) is 1. The second kappa shape index (κ2) is 7.09. The fraction of sp³-hybridized carbons (Fsp3) is 0.462. The zero-order valence-electron chi connectivity index (χ0n) is 11.1. The topological polar surface area (TPSA) is 63.5 Å². The summed E-state index contributed by atoms with van der Waals surface area (Å²) in [4.78, 5) is 24.3. The van der Waals surface area contributed by atoms with Gasteiger partial charge < -0.3 is 4.90 Å². The molecule has 0 bridgehead atoms. The molecule has 0 radical (unpaired) electrons. The van der Waals surface area contributed by atoms with Gasteiger partial charge in [0.1, 0.15) is 5.56 Å². The summed E-state index contributed by atoms with van der Waals surface area (Å²) in [5, 5.41) is 11.3. The number of carbonyl (C=O) groups excluding carboxylic acids is 1. The highest BCUT2D eigenvalue weighted by molar-refractivity contribution is 6.31. The van der Waals surface area contributed by atoms with Crippen LogP contribution in [0.3, 0.4) is 0 Å². The summed E-state index contributed by atoms with van der Waals surface area (Å²) >= 11 is 5.82. The molecular formula is C13H17ClN2O3. The van der Waals surface area contributed by atoms with Crippen LogP contribution in [0.2, 0.25) is 5.02 Å². The zero-order chi connectivity index (χ0) is 14.4. The van der Waals surface area contributed by atoms with Gasteiger partial charge in [-0.3, -0.25) is 14.9 Å². The van der Waals surface area contributed by atoms with E-state index in [1.54, 1.807) is 4.90 Å². The minimum absolute atomic E-state index is 0.0513. The molecule has 0 aliphatic rings. The minimum Gasteiger partial charge on any atom is -0.339 e. The first kappa shape index (κ1) is 15.4. The van der Waals surface area contributed by atoms with Crippen molar-refractivity contribution in [2.24, 2.45) is 0 Å². The average molecular weight is 285 g/mol. The van der Waals surface area contributed by atoms with Crippen LogP contribution in [0.15, 0.2) is 18.2 Å². The van der Waals surface area contributed by atoms with E-state index < -0.39 is 4.92 Å². The lowest BCUT2D eigenvalue weighted by molar-refractivity contribution is -0.385. The minimum atomic E-state index is -0.558. The van der Waals surface area contributed by atoms with Crippen molar-refractivity contribution in [3.8, 4) is 0 Å². The average Bonchev–Trinajstić information content (AvgIpc) is 2.38. The highest BCUT2D eigenvalue weighted by Gasteiger charge is 2.23. The Balaban J connectivity index is 3.09. The largest absolute Gasteiger partial charge is 0.339 e. The summed E-state index contributed by atoms with van der Waals surface area (Å²) in [7, 11) is 0. The van der Waals surface area contributed by atoms with Crippen molar-refractivity contribution in [2.75, 3.05) is 13.1 Å². The van der Waals surface area contributed by atoms with E-state index in [1.165, 1.54) is 18.2 Å². The Bertz CT molecular complexity index is 477. The van der Waals surface area contributed by atoms with Gasteiger partial charge in [-0.15, -0.1) is 0 Å². The number of amides is 1. The standard InChI is InChI=1S/C13H17ClN2O3/c1-3-5-8-15(4-2)13(17)11-9-10(14)6-7-12(11)16(18)19/h6-7,9H,3-5,8H2,1-2H3. The number of hydrogen-bond acceptors (Lipinski definition) is 3. The summed E-state index contributed by atoms with van der Waals surface area (Å²) < 4.78 is 0. The second-order valence-corrected chi connectivity index (χ2v) is 4.59. The lowest BCUT2D eigenvalue weighted by atomic mass is 10.1. The van der Waals surface area contributed by atoms with Gasteiger partial charge in [-0.1, -0.05) is 24.9 Å². The summed E-state index contributed by atoms with van der Waals surface area (Å²) in [6, 6.07) is 4.04. The third-order valence-electron chi connectivity index (χ3n) is 2.84. The van der Waals surface area contributed by atoms with Crippen molar-refractivity contribution >= 4 is 23.2 Å². The maximum atomic E-state index is 12.3. The van der Waals surface area contributed by atoms with Gasteiger partial charge in [0.2, 0.25) is 0 Å². The molecule has 1 rings (SSSR count). The van der Waals surface area contributed by atoms with Gasteiger partial charge in [-0.2, -0.15) is 0 Å². The van der Waals surface area contributed by atoms with Crippen molar-refractivity contribution in [3.05, 3.63) is 38.9 Å².